The van der Waals surface area contributed by atoms with Gasteiger partial charge in [-0.05, 0) is 61.1 Å². The van der Waals surface area contributed by atoms with Crippen molar-refractivity contribution in [2.45, 2.75) is 75.4 Å². The zero-order valence-electron chi connectivity index (χ0n) is 34.7. The van der Waals surface area contributed by atoms with Crippen LogP contribution < -0.4 is 24.8 Å². The minimum atomic E-state index is -3.92. The second-order valence-electron chi connectivity index (χ2n) is 16.9. The summed E-state index contributed by atoms with van der Waals surface area (Å²) >= 11 is 1.29. The molecule has 0 bridgehead atoms. The molecular weight excluding hydrogens is 852 g/mol. The van der Waals surface area contributed by atoms with E-state index in [2.05, 4.69) is 21.9 Å². The number of benzene rings is 3. The van der Waals surface area contributed by atoms with Gasteiger partial charge in [0, 0.05) is 46.4 Å². The number of rotatable bonds is 14. The van der Waals surface area contributed by atoms with Crippen molar-refractivity contribution in [1.29, 1.82) is 0 Å². The van der Waals surface area contributed by atoms with Crippen LogP contribution in [0.1, 0.15) is 46.5 Å². The van der Waals surface area contributed by atoms with Gasteiger partial charge in [-0.2, -0.15) is 13.5 Å². The lowest BCUT2D eigenvalue weighted by atomic mass is 9.85. The first-order chi connectivity index (χ1) is 29.1. The lowest BCUT2D eigenvalue weighted by molar-refractivity contribution is -0.141. The highest BCUT2D eigenvalue weighted by Crippen LogP contribution is 2.46. The van der Waals surface area contributed by atoms with Crippen LogP contribution in [0.2, 0.25) is 0 Å². The van der Waals surface area contributed by atoms with Crippen LogP contribution in [-0.4, -0.2) is 83.6 Å². The molecule has 3 aromatic carbocycles. The molecule has 3 amide bonds. The number of methoxy groups -OCH3 is 1. The Labute approximate surface area is 371 Å². The summed E-state index contributed by atoms with van der Waals surface area (Å²) in [5.74, 6) is -1.66. The lowest BCUT2D eigenvalue weighted by Gasteiger charge is -2.35. The monoisotopic (exact) mass is 900 g/mol. The Morgan fingerprint density at radius 2 is 1.71 bits per heavy atom. The first-order valence-corrected chi connectivity index (χ1v) is 22.5. The molecule has 2 saturated carbocycles. The maximum absolute atomic E-state index is 15.0. The summed E-state index contributed by atoms with van der Waals surface area (Å²) in [4.78, 5) is 54.4. The van der Waals surface area contributed by atoms with Crippen molar-refractivity contribution in [3.8, 4) is 34.0 Å². The molecule has 326 valence electrons. The molecule has 0 unspecified atom stereocenters. The van der Waals surface area contributed by atoms with Gasteiger partial charge < -0.3 is 25.0 Å². The van der Waals surface area contributed by atoms with Gasteiger partial charge in [0.2, 0.25) is 21.8 Å². The summed E-state index contributed by atoms with van der Waals surface area (Å²) in [5, 5.41) is 8.51. The fourth-order valence-corrected chi connectivity index (χ4v) is 9.88. The maximum Gasteiger partial charge on any atom is 0.259 e. The number of aromatic nitrogens is 2. The van der Waals surface area contributed by atoms with Crippen molar-refractivity contribution < 1.29 is 36.7 Å². The fourth-order valence-electron chi connectivity index (χ4n) is 7.76. The average Bonchev–Trinajstić information content (AvgIpc) is 4.13. The van der Waals surface area contributed by atoms with Crippen LogP contribution in [0.15, 0.2) is 96.9 Å². The fraction of sp³-hybridized carbons (Fsp3) is 0.356. The highest BCUT2D eigenvalue weighted by Gasteiger charge is 2.62. The van der Waals surface area contributed by atoms with Crippen molar-refractivity contribution >= 4 is 68.6 Å². The number of hydrogen-bond acceptors (Lipinski definition) is 11. The van der Waals surface area contributed by atoms with Crippen LogP contribution in [0.25, 0.3) is 33.4 Å². The normalized spacial score (nSPS) is 21.3. The highest BCUT2D eigenvalue weighted by molar-refractivity contribution is 7.91. The van der Waals surface area contributed by atoms with E-state index in [1.807, 2.05) is 74.7 Å². The molecule has 13 nitrogen and oxygen atoms in total. The Kier molecular flexibility index (Phi) is 12.4. The van der Waals surface area contributed by atoms with Crippen molar-refractivity contribution in [2.75, 3.05) is 19.0 Å². The summed E-state index contributed by atoms with van der Waals surface area (Å²) in [6, 6.07) is 20.9. The molecule has 2 aliphatic carbocycles. The number of carbonyl (C=O) groups excluding carboxylic acids is 3. The van der Waals surface area contributed by atoms with E-state index in [1.165, 1.54) is 34.4 Å². The molecule has 0 spiro atoms. The minimum absolute atomic E-state index is 0. The Bertz CT molecular complexity index is 2620. The molecule has 2 aromatic heterocycles. The smallest absolute Gasteiger partial charge is 0.259 e. The number of hydrogen-bond donors (Lipinski definition) is 3. The predicted octanol–water partition coefficient (Wildman–Crippen LogP) is 6.83. The number of nitrogens with zero attached hydrogens (tertiary/aromatic N) is 3. The van der Waals surface area contributed by atoms with Gasteiger partial charge in [-0.25, -0.2) is 22.8 Å². The van der Waals surface area contributed by atoms with Crippen LogP contribution in [0.5, 0.6) is 11.5 Å². The van der Waals surface area contributed by atoms with Gasteiger partial charge in [0.25, 0.3) is 5.91 Å². The number of ether oxygens (including phenoxy) is 2. The van der Waals surface area contributed by atoms with E-state index in [4.69, 9.17) is 19.4 Å². The number of nitrogens with one attached hydrogen (secondary N) is 3. The molecule has 8 rings (SSSR count). The van der Waals surface area contributed by atoms with E-state index >= 15 is 4.79 Å². The Morgan fingerprint density at radius 1 is 1.00 bits per heavy atom. The first-order valence-electron chi connectivity index (χ1n) is 20.1. The number of amides is 3. The van der Waals surface area contributed by atoms with Gasteiger partial charge in [-0.1, -0.05) is 57.2 Å². The lowest BCUT2D eigenvalue weighted by Crippen LogP contribution is -2.58. The SMILES string of the molecule is C=C[C@@H]1C[C@]1(NC(=O)[C@@H]1C[C@@H](Oc2cc(-c3ccccc3)nc3cc(OC)ccc23)CN1C(=O)[C@@H](Nc1nc(-c2ccc(F)cc2)cs1)C(C)(C)C)C(=O)NS(=O)(=O)C1CC1.S. The molecule has 62 heavy (non-hydrogen) atoms. The van der Waals surface area contributed by atoms with Crippen LogP contribution in [0, 0.1) is 17.2 Å². The molecule has 17 heteroatoms. The summed E-state index contributed by atoms with van der Waals surface area (Å²) in [6.45, 7) is 9.53. The van der Waals surface area contributed by atoms with Crippen molar-refractivity contribution in [3.05, 3.63) is 103 Å². The predicted molar refractivity (Wildman–Crippen MR) is 242 cm³/mol. The standard InChI is InChI=1S/C45H47FN6O7S2.H2S/c1-6-28-23-45(28,42(55)51-61(56,57)32-17-18-32)50-40(53)37-21-31(59-38-22-34(26-10-8-7-9-11-26)47-35-20-30(58-5)16-19-33(35)38)24-52(37)41(54)39(44(2,3)4)49-43-48-36(25-60-43)27-12-14-29(46)15-13-27;/h6-16,19-20,22,25,28,31-32,37,39H,1,17-18,21,23-24H2,2-5H3,(H,48,49)(H,50,53)(H,51,55);1H2/t28-,31-,37+,39-,45-;/m1./s1. The third kappa shape index (κ3) is 9.15. The Hall–Kier alpha value is -5.52. The van der Waals surface area contributed by atoms with E-state index in [-0.39, 0.29) is 38.7 Å². The summed E-state index contributed by atoms with van der Waals surface area (Å²) in [6.07, 6.45) is 1.94. The quantitative estimate of drug-likeness (QED) is 0.101. The van der Waals surface area contributed by atoms with Gasteiger partial charge in [0.1, 0.15) is 41.0 Å². The van der Waals surface area contributed by atoms with Crippen LogP contribution >= 0.6 is 24.8 Å². The third-order valence-electron chi connectivity index (χ3n) is 11.5. The van der Waals surface area contributed by atoms with Gasteiger partial charge in [-0.15, -0.1) is 17.9 Å². The topological polar surface area (TPSA) is 169 Å². The maximum atomic E-state index is 15.0. The number of carbonyl (C=O) groups is 3. The zero-order chi connectivity index (χ0) is 43.3. The van der Waals surface area contributed by atoms with Gasteiger partial charge in [-0.3, -0.25) is 19.1 Å². The molecule has 1 saturated heterocycles. The summed E-state index contributed by atoms with van der Waals surface area (Å²) in [7, 11) is -2.34. The molecule has 1 aliphatic heterocycles. The summed E-state index contributed by atoms with van der Waals surface area (Å²) < 4.78 is 53.9. The first kappa shape index (κ1) is 44.5. The molecule has 5 atom stereocenters. The van der Waals surface area contributed by atoms with E-state index in [0.717, 1.165) is 5.56 Å². The minimum Gasteiger partial charge on any atom is -0.497 e. The number of thiazole rings is 1. The van der Waals surface area contributed by atoms with E-state index < -0.39 is 68.1 Å². The number of halogens is 1. The second-order valence-corrected chi connectivity index (χ2v) is 19.7. The van der Waals surface area contributed by atoms with Gasteiger partial charge >= 0.3 is 0 Å². The average molecular weight is 901 g/mol. The molecule has 3 aliphatic rings. The Morgan fingerprint density at radius 3 is 2.35 bits per heavy atom. The number of pyridine rings is 1. The van der Waals surface area contributed by atoms with E-state index in [9.17, 15) is 22.4 Å². The second kappa shape index (κ2) is 17.3. The van der Waals surface area contributed by atoms with Gasteiger partial charge in [0.05, 0.1) is 35.8 Å². The van der Waals surface area contributed by atoms with Crippen molar-refractivity contribution in [1.82, 2.24) is 24.9 Å². The number of likely N-dealkylation sites (tertiary alicyclic amines) is 1. The van der Waals surface area contributed by atoms with Crippen LogP contribution in [-0.2, 0) is 24.4 Å². The number of anilines is 1. The molecule has 0 radical (unpaired) electrons. The molecule has 3 fully saturated rings. The van der Waals surface area contributed by atoms with Crippen molar-refractivity contribution in [2.24, 2.45) is 11.3 Å². The van der Waals surface area contributed by atoms with Gasteiger partial charge in [0.15, 0.2) is 5.13 Å². The molecule has 3 N–H and O–H groups in total. The van der Waals surface area contributed by atoms with Crippen molar-refractivity contribution in [3.63, 3.8) is 0 Å². The largest absolute Gasteiger partial charge is 0.497 e. The number of sulfonamides is 1. The molecular formula is C45H49FN6O7S3. The third-order valence-corrected chi connectivity index (χ3v) is 14.1. The molecule has 3 heterocycles. The van der Waals surface area contributed by atoms with E-state index in [0.29, 0.717) is 57.3 Å². The van der Waals surface area contributed by atoms with Crippen LogP contribution in [0.3, 0.4) is 0 Å². The number of fused-ring (bicyclic) bond motifs is 1. The molecule has 5 aromatic rings. The Balaban J connectivity index is 0.00000578. The zero-order valence-corrected chi connectivity index (χ0v) is 37.3. The van der Waals surface area contributed by atoms with E-state index in [1.54, 1.807) is 25.3 Å². The van der Waals surface area contributed by atoms with Crippen LogP contribution in [0.4, 0.5) is 9.52 Å². The highest BCUT2D eigenvalue weighted by atomic mass is 32.2. The summed E-state index contributed by atoms with van der Waals surface area (Å²) in [5.41, 5.74) is 1.18.